The number of amidine groups is 1. The van der Waals surface area contributed by atoms with E-state index in [9.17, 15) is 0 Å². The molecule has 0 atom stereocenters. The molecular formula is C12H14ClN5O. The predicted molar refractivity (Wildman–Crippen MR) is 75.8 cm³/mol. The Morgan fingerprint density at radius 1 is 1.63 bits per heavy atom. The Morgan fingerprint density at radius 2 is 2.37 bits per heavy atom. The van der Waals surface area contributed by atoms with Gasteiger partial charge in [0.05, 0.1) is 17.3 Å². The highest BCUT2D eigenvalue weighted by molar-refractivity contribution is 6.45. The SMILES string of the molecule is CCCOc1c(Cl)cccc1N/N=C(\C#N)C(=N)N. The molecule has 1 rings (SSSR count). The summed E-state index contributed by atoms with van der Waals surface area (Å²) in [7, 11) is 0. The molecule has 0 saturated heterocycles. The smallest absolute Gasteiger partial charge is 0.201 e. The van der Waals surface area contributed by atoms with Crippen LogP contribution in [0.1, 0.15) is 13.3 Å². The molecule has 0 heterocycles. The van der Waals surface area contributed by atoms with Crippen molar-refractivity contribution >= 4 is 28.8 Å². The predicted octanol–water partition coefficient (Wildman–Crippen LogP) is 2.36. The molecule has 0 aliphatic carbocycles. The van der Waals surface area contributed by atoms with E-state index in [0.717, 1.165) is 6.42 Å². The second kappa shape index (κ2) is 7.24. The maximum absolute atomic E-state index is 8.74. The fraction of sp³-hybridized carbons (Fsp3) is 0.250. The van der Waals surface area contributed by atoms with Gasteiger partial charge in [0.25, 0.3) is 0 Å². The number of nitrogens with zero attached hydrogens (tertiary/aromatic N) is 2. The van der Waals surface area contributed by atoms with Gasteiger partial charge in [0.1, 0.15) is 6.07 Å². The Morgan fingerprint density at radius 3 is 2.95 bits per heavy atom. The van der Waals surface area contributed by atoms with Crippen molar-refractivity contribution in [2.75, 3.05) is 12.0 Å². The lowest BCUT2D eigenvalue weighted by Gasteiger charge is -2.11. The first-order valence-electron chi connectivity index (χ1n) is 5.59. The largest absolute Gasteiger partial charge is 0.490 e. The molecule has 0 unspecified atom stereocenters. The fourth-order valence-corrected chi connectivity index (χ4v) is 1.44. The quantitative estimate of drug-likeness (QED) is 0.422. The van der Waals surface area contributed by atoms with Crippen LogP contribution in [0.15, 0.2) is 23.3 Å². The molecule has 1 aromatic carbocycles. The zero-order chi connectivity index (χ0) is 14.3. The normalized spacial score (nSPS) is 10.7. The third-order valence-electron chi connectivity index (χ3n) is 2.07. The van der Waals surface area contributed by atoms with Crippen LogP contribution in [0.25, 0.3) is 0 Å². The van der Waals surface area contributed by atoms with Crippen molar-refractivity contribution in [3.05, 3.63) is 23.2 Å². The molecule has 7 heteroatoms. The van der Waals surface area contributed by atoms with Crippen molar-refractivity contribution in [3.63, 3.8) is 0 Å². The number of hydrogen-bond acceptors (Lipinski definition) is 5. The summed E-state index contributed by atoms with van der Waals surface area (Å²) >= 11 is 6.03. The zero-order valence-electron chi connectivity index (χ0n) is 10.4. The molecule has 0 aromatic heterocycles. The summed E-state index contributed by atoms with van der Waals surface area (Å²) in [4.78, 5) is 0. The second-order valence-corrected chi connectivity index (χ2v) is 3.97. The third kappa shape index (κ3) is 4.16. The number of rotatable bonds is 6. The van der Waals surface area contributed by atoms with Gasteiger partial charge in [-0.3, -0.25) is 10.8 Å². The van der Waals surface area contributed by atoms with E-state index in [1.807, 2.05) is 6.92 Å². The summed E-state index contributed by atoms with van der Waals surface area (Å²) < 4.78 is 5.51. The van der Waals surface area contributed by atoms with Gasteiger partial charge in [-0.25, -0.2) is 0 Å². The number of ether oxygens (including phenoxy) is 1. The van der Waals surface area contributed by atoms with Crippen molar-refractivity contribution in [2.45, 2.75) is 13.3 Å². The van der Waals surface area contributed by atoms with Crippen molar-refractivity contribution in [1.29, 1.82) is 10.7 Å². The molecule has 100 valence electrons. The molecule has 0 spiro atoms. The summed E-state index contributed by atoms with van der Waals surface area (Å²) in [6.07, 6.45) is 0.838. The molecule has 0 saturated carbocycles. The summed E-state index contributed by atoms with van der Waals surface area (Å²) in [5.41, 5.74) is 8.12. The van der Waals surface area contributed by atoms with Crippen LogP contribution >= 0.6 is 11.6 Å². The van der Waals surface area contributed by atoms with Crippen LogP contribution in [-0.4, -0.2) is 18.2 Å². The molecule has 6 nitrogen and oxygen atoms in total. The first kappa shape index (κ1) is 14.8. The number of hydrogen-bond donors (Lipinski definition) is 3. The minimum atomic E-state index is -0.409. The van der Waals surface area contributed by atoms with E-state index in [0.29, 0.717) is 23.1 Å². The van der Waals surface area contributed by atoms with E-state index in [-0.39, 0.29) is 5.71 Å². The van der Waals surface area contributed by atoms with Gasteiger partial charge in [0.15, 0.2) is 11.6 Å². The van der Waals surface area contributed by atoms with E-state index < -0.39 is 5.84 Å². The maximum atomic E-state index is 8.74. The molecule has 19 heavy (non-hydrogen) atoms. The van der Waals surface area contributed by atoms with E-state index in [1.165, 1.54) is 0 Å². The topological polar surface area (TPSA) is 107 Å². The van der Waals surface area contributed by atoms with Gasteiger partial charge in [-0.2, -0.15) is 10.4 Å². The number of nitrogens with two attached hydrogens (primary N) is 1. The standard InChI is InChI=1S/C12H14ClN5O/c1-2-6-19-11-8(13)4-3-5-9(11)17-18-10(7-14)12(15)16/h3-5,17H,2,6H2,1H3,(H3,15,16)/b18-10+. The van der Waals surface area contributed by atoms with Crippen molar-refractivity contribution in [1.82, 2.24) is 0 Å². The number of para-hydroxylation sites is 1. The summed E-state index contributed by atoms with van der Waals surface area (Å²) in [6.45, 7) is 2.49. The number of anilines is 1. The highest BCUT2D eigenvalue weighted by atomic mass is 35.5. The van der Waals surface area contributed by atoms with Gasteiger partial charge in [-0.15, -0.1) is 0 Å². The average Bonchev–Trinajstić information content (AvgIpc) is 2.38. The van der Waals surface area contributed by atoms with E-state index in [4.69, 9.17) is 32.7 Å². The van der Waals surface area contributed by atoms with Gasteiger partial charge in [-0.1, -0.05) is 24.6 Å². The van der Waals surface area contributed by atoms with Crippen LogP contribution in [-0.2, 0) is 0 Å². The molecule has 4 N–H and O–H groups in total. The van der Waals surface area contributed by atoms with Crippen LogP contribution in [0.2, 0.25) is 5.02 Å². The first-order chi connectivity index (χ1) is 9.10. The molecule has 0 radical (unpaired) electrons. The molecule has 0 bridgehead atoms. The van der Waals surface area contributed by atoms with Crippen LogP contribution in [0, 0.1) is 16.7 Å². The van der Waals surface area contributed by atoms with Crippen LogP contribution < -0.4 is 15.9 Å². The maximum Gasteiger partial charge on any atom is 0.201 e. The molecule has 1 aromatic rings. The van der Waals surface area contributed by atoms with E-state index >= 15 is 0 Å². The lowest BCUT2D eigenvalue weighted by molar-refractivity contribution is 0.319. The highest BCUT2D eigenvalue weighted by Gasteiger charge is 2.08. The third-order valence-corrected chi connectivity index (χ3v) is 2.36. The minimum Gasteiger partial charge on any atom is -0.490 e. The van der Waals surface area contributed by atoms with E-state index in [2.05, 4.69) is 10.5 Å². The van der Waals surface area contributed by atoms with Crippen LogP contribution in [0.3, 0.4) is 0 Å². The average molecular weight is 280 g/mol. The molecule has 0 amide bonds. The van der Waals surface area contributed by atoms with Gasteiger partial charge < -0.3 is 10.5 Å². The Labute approximate surface area is 116 Å². The van der Waals surface area contributed by atoms with Gasteiger partial charge in [-0.05, 0) is 18.6 Å². The lowest BCUT2D eigenvalue weighted by Crippen LogP contribution is -2.21. The van der Waals surface area contributed by atoms with Crippen LogP contribution in [0.5, 0.6) is 5.75 Å². The molecule has 0 aliphatic heterocycles. The van der Waals surface area contributed by atoms with Gasteiger partial charge in [0.2, 0.25) is 5.71 Å². The summed E-state index contributed by atoms with van der Waals surface area (Å²) in [5.74, 6) is 0.0451. The van der Waals surface area contributed by atoms with Crippen molar-refractivity contribution in [3.8, 4) is 11.8 Å². The number of hydrazone groups is 1. The lowest BCUT2D eigenvalue weighted by atomic mass is 10.3. The molecular weight excluding hydrogens is 266 g/mol. The van der Waals surface area contributed by atoms with Gasteiger partial charge in [0, 0.05) is 0 Å². The second-order valence-electron chi connectivity index (χ2n) is 3.56. The Hall–Kier alpha value is -2.26. The fourth-order valence-electron chi connectivity index (χ4n) is 1.21. The van der Waals surface area contributed by atoms with Gasteiger partial charge >= 0.3 is 0 Å². The summed E-state index contributed by atoms with van der Waals surface area (Å²) in [5, 5.41) is 20.1. The van der Waals surface area contributed by atoms with Crippen molar-refractivity contribution in [2.24, 2.45) is 10.8 Å². The number of benzene rings is 1. The summed E-state index contributed by atoms with van der Waals surface area (Å²) in [6, 6.07) is 6.83. The first-order valence-corrected chi connectivity index (χ1v) is 5.97. The number of halogens is 1. The Balaban J connectivity index is 2.98. The van der Waals surface area contributed by atoms with E-state index in [1.54, 1.807) is 24.3 Å². The zero-order valence-corrected chi connectivity index (χ0v) is 11.2. The Kier molecular flexibility index (Phi) is 5.64. The molecule has 0 aliphatic rings. The molecule has 0 fully saturated rings. The minimum absolute atomic E-state index is 0.207. The highest BCUT2D eigenvalue weighted by Crippen LogP contribution is 2.32. The Bertz CT molecular complexity index is 535. The van der Waals surface area contributed by atoms with Crippen molar-refractivity contribution < 1.29 is 4.74 Å². The van der Waals surface area contributed by atoms with Crippen LogP contribution in [0.4, 0.5) is 5.69 Å². The number of nitrogens with one attached hydrogen (secondary N) is 2. The monoisotopic (exact) mass is 279 g/mol. The number of nitriles is 1.